The Morgan fingerprint density at radius 1 is 1.03 bits per heavy atom. The number of rotatable bonds is 10. The van der Waals surface area contributed by atoms with Gasteiger partial charge in [-0.15, -0.1) is 0 Å². The molecule has 0 atom stereocenters. The van der Waals surface area contributed by atoms with Crippen molar-refractivity contribution >= 4 is 11.7 Å². The zero-order valence-electron chi connectivity index (χ0n) is 18.9. The molecule has 1 aromatic carbocycles. The van der Waals surface area contributed by atoms with E-state index in [0.717, 1.165) is 67.2 Å². The summed E-state index contributed by atoms with van der Waals surface area (Å²) in [6.45, 7) is 6.71. The summed E-state index contributed by atoms with van der Waals surface area (Å²) in [5, 5.41) is 0. The fourth-order valence-electron chi connectivity index (χ4n) is 4.12. The lowest BCUT2D eigenvalue weighted by molar-refractivity contribution is -0.132. The van der Waals surface area contributed by atoms with Crippen LogP contribution in [0.2, 0.25) is 0 Å². The quantitative estimate of drug-likeness (QED) is 0.505. The van der Waals surface area contributed by atoms with E-state index in [1.165, 1.54) is 19.3 Å². The van der Waals surface area contributed by atoms with E-state index in [2.05, 4.69) is 37.9 Å². The minimum absolute atomic E-state index is 0.272. The SMILES string of the molecule is CCCCCCCC(=O)N1CCc2nc(-c3ccccc3)nc(N(C)CCC)c2C1. The molecular weight excluding hydrogens is 372 g/mol. The first-order valence-electron chi connectivity index (χ1n) is 11.6. The smallest absolute Gasteiger partial charge is 0.222 e. The number of carbonyl (C=O) groups is 1. The first-order valence-corrected chi connectivity index (χ1v) is 11.6. The zero-order chi connectivity index (χ0) is 21.3. The van der Waals surface area contributed by atoms with Crippen molar-refractivity contribution < 1.29 is 4.79 Å². The molecule has 0 saturated heterocycles. The van der Waals surface area contributed by atoms with Gasteiger partial charge in [-0.2, -0.15) is 0 Å². The molecule has 1 aromatic heterocycles. The first kappa shape index (κ1) is 22.3. The summed E-state index contributed by atoms with van der Waals surface area (Å²) in [6, 6.07) is 10.2. The van der Waals surface area contributed by atoms with Gasteiger partial charge in [0.1, 0.15) is 5.82 Å². The number of hydrogen-bond acceptors (Lipinski definition) is 4. The van der Waals surface area contributed by atoms with Crippen LogP contribution in [-0.4, -0.2) is 40.9 Å². The second-order valence-corrected chi connectivity index (χ2v) is 8.31. The summed E-state index contributed by atoms with van der Waals surface area (Å²) in [5.74, 6) is 2.03. The number of amides is 1. The maximum absolute atomic E-state index is 12.8. The van der Waals surface area contributed by atoms with E-state index in [-0.39, 0.29) is 5.91 Å². The number of anilines is 1. The minimum Gasteiger partial charge on any atom is -0.359 e. The summed E-state index contributed by atoms with van der Waals surface area (Å²) in [6.07, 6.45) is 8.38. The van der Waals surface area contributed by atoms with E-state index in [1.807, 2.05) is 23.1 Å². The molecule has 2 aromatic rings. The predicted molar refractivity (Wildman–Crippen MR) is 124 cm³/mol. The van der Waals surface area contributed by atoms with E-state index in [9.17, 15) is 4.79 Å². The monoisotopic (exact) mass is 408 g/mol. The molecule has 0 radical (unpaired) electrons. The molecule has 30 heavy (non-hydrogen) atoms. The number of hydrogen-bond donors (Lipinski definition) is 0. The van der Waals surface area contributed by atoms with Crippen LogP contribution >= 0.6 is 0 Å². The fraction of sp³-hybridized carbons (Fsp3) is 0.560. The molecule has 2 heterocycles. The van der Waals surface area contributed by atoms with Gasteiger partial charge in [0.05, 0.1) is 12.2 Å². The average Bonchev–Trinajstić information content (AvgIpc) is 2.78. The Morgan fingerprint density at radius 2 is 1.80 bits per heavy atom. The van der Waals surface area contributed by atoms with Crippen LogP contribution < -0.4 is 4.90 Å². The van der Waals surface area contributed by atoms with Gasteiger partial charge in [-0.1, -0.05) is 69.9 Å². The lowest BCUT2D eigenvalue weighted by Crippen LogP contribution is -2.37. The summed E-state index contributed by atoms with van der Waals surface area (Å²) in [5.41, 5.74) is 3.25. The van der Waals surface area contributed by atoms with Crippen LogP contribution in [0.3, 0.4) is 0 Å². The fourth-order valence-corrected chi connectivity index (χ4v) is 4.12. The third kappa shape index (κ3) is 5.59. The number of aromatic nitrogens is 2. The Balaban J connectivity index is 1.79. The summed E-state index contributed by atoms with van der Waals surface area (Å²) < 4.78 is 0. The summed E-state index contributed by atoms with van der Waals surface area (Å²) in [4.78, 5) is 26.9. The predicted octanol–water partition coefficient (Wildman–Crippen LogP) is 5.24. The minimum atomic E-state index is 0.272. The van der Waals surface area contributed by atoms with Crippen LogP contribution in [0.5, 0.6) is 0 Å². The normalized spacial score (nSPS) is 13.2. The molecule has 1 aliphatic rings. The lowest BCUT2D eigenvalue weighted by atomic mass is 10.0. The lowest BCUT2D eigenvalue weighted by Gasteiger charge is -2.32. The van der Waals surface area contributed by atoms with E-state index in [1.54, 1.807) is 0 Å². The van der Waals surface area contributed by atoms with Crippen LogP contribution in [0, 0.1) is 0 Å². The molecule has 0 aliphatic carbocycles. The van der Waals surface area contributed by atoms with Gasteiger partial charge in [-0.25, -0.2) is 9.97 Å². The highest BCUT2D eigenvalue weighted by Crippen LogP contribution is 2.29. The van der Waals surface area contributed by atoms with Crippen LogP contribution in [0.15, 0.2) is 30.3 Å². The number of carbonyl (C=O) groups excluding carboxylic acids is 1. The molecule has 5 heteroatoms. The van der Waals surface area contributed by atoms with E-state index < -0.39 is 0 Å². The van der Waals surface area contributed by atoms with Crippen molar-refractivity contribution in [3.8, 4) is 11.4 Å². The Morgan fingerprint density at radius 3 is 2.53 bits per heavy atom. The second kappa shape index (κ2) is 11.1. The Labute approximate surface area is 181 Å². The standard InChI is InChI=1S/C25H36N4O/c1-4-6-7-8-12-15-23(30)29-18-16-22-21(19-29)25(28(3)17-5-2)27-24(26-22)20-13-10-9-11-14-20/h9-11,13-14H,4-8,12,15-19H2,1-3H3. The molecule has 0 N–H and O–H groups in total. The van der Waals surface area contributed by atoms with Gasteiger partial charge in [-0.05, 0) is 12.8 Å². The third-order valence-corrected chi connectivity index (χ3v) is 5.84. The molecule has 1 aliphatic heterocycles. The molecule has 0 saturated carbocycles. The van der Waals surface area contributed by atoms with Gasteiger partial charge >= 0.3 is 0 Å². The number of benzene rings is 1. The molecule has 1 amide bonds. The van der Waals surface area contributed by atoms with Gasteiger partial charge in [0, 0.05) is 44.1 Å². The van der Waals surface area contributed by atoms with E-state index in [0.29, 0.717) is 13.0 Å². The van der Waals surface area contributed by atoms with Crippen LogP contribution in [0.25, 0.3) is 11.4 Å². The topological polar surface area (TPSA) is 49.3 Å². The van der Waals surface area contributed by atoms with Crippen molar-refractivity contribution in [3.05, 3.63) is 41.6 Å². The Bertz CT molecular complexity index is 821. The highest BCUT2D eigenvalue weighted by molar-refractivity contribution is 5.77. The van der Waals surface area contributed by atoms with Crippen molar-refractivity contribution in [2.45, 2.75) is 71.8 Å². The van der Waals surface area contributed by atoms with Gasteiger partial charge < -0.3 is 9.80 Å². The van der Waals surface area contributed by atoms with Crippen molar-refractivity contribution in [3.63, 3.8) is 0 Å². The number of nitrogens with zero attached hydrogens (tertiary/aromatic N) is 4. The van der Waals surface area contributed by atoms with Crippen molar-refractivity contribution in [2.24, 2.45) is 0 Å². The maximum Gasteiger partial charge on any atom is 0.222 e. The van der Waals surface area contributed by atoms with Crippen molar-refractivity contribution in [1.29, 1.82) is 0 Å². The second-order valence-electron chi connectivity index (χ2n) is 8.31. The van der Waals surface area contributed by atoms with Crippen molar-refractivity contribution in [2.75, 3.05) is 25.0 Å². The molecule has 162 valence electrons. The average molecular weight is 409 g/mol. The van der Waals surface area contributed by atoms with Crippen LogP contribution in [-0.2, 0) is 17.8 Å². The van der Waals surface area contributed by atoms with Gasteiger partial charge in [0.15, 0.2) is 5.82 Å². The maximum atomic E-state index is 12.8. The number of unbranched alkanes of at least 4 members (excludes halogenated alkanes) is 4. The van der Waals surface area contributed by atoms with Gasteiger partial charge in [-0.3, -0.25) is 4.79 Å². The highest BCUT2D eigenvalue weighted by Gasteiger charge is 2.26. The Hall–Kier alpha value is -2.43. The molecule has 0 spiro atoms. The summed E-state index contributed by atoms with van der Waals surface area (Å²) >= 11 is 0. The molecule has 0 bridgehead atoms. The van der Waals surface area contributed by atoms with Crippen molar-refractivity contribution in [1.82, 2.24) is 14.9 Å². The van der Waals surface area contributed by atoms with Gasteiger partial charge in [0.2, 0.25) is 5.91 Å². The third-order valence-electron chi connectivity index (χ3n) is 5.84. The largest absolute Gasteiger partial charge is 0.359 e. The zero-order valence-corrected chi connectivity index (χ0v) is 18.9. The van der Waals surface area contributed by atoms with Crippen LogP contribution in [0.1, 0.15) is 70.1 Å². The number of fused-ring (bicyclic) bond motifs is 1. The molecule has 0 unspecified atom stereocenters. The van der Waals surface area contributed by atoms with E-state index in [4.69, 9.17) is 9.97 Å². The summed E-state index contributed by atoms with van der Waals surface area (Å²) in [7, 11) is 2.09. The molecule has 0 fully saturated rings. The molecular formula is C25H36N4O. The van der Waals surface area contributed by atoms with Gasteiger partial charge in [0.25, 0.3) is 0 Å². The highest BCUT2D eigenvalue weighted by atomic mass is 16.2. The van der Waals surface area contributed by atoms with Crippen LogP contribution in [0.4, 0.5) is 5.82 Å². The van der Waals surface area contributed by atoms with E-state index >= 15 is 0 Å². The molecule has 3 rings (SSSR count). The first-order chi connectivity index (χ1) is 14.6. The Kier molecular flexibility index (Phi) is 8.23. The molecule has 5 nitrogen and oxygen atoms in total.